The van der Waals surface area contributed by atoms with Gasteiger partial charge in [0.05, 0.1) is 12.1 Å². The molecule has 1 amide bonds. The summed E-state index contributed by atoms with van der Waals surface area (Å²) in [6.07, 6.45) is 2.45. The van der Waals surface area contributed by atoms with Gasteiger partial charge in [-0.1, -0.05) is 19.1 Å². The minimum atomic E-state index is -0.945. The van der Waals surface area contributed by atoms with E-state index in [4.69, 9.17) is 5.11 Å². The van der Waals surface area contributed by atoms with E-state index in [-0.39, 0.29) is 12.2 Å². The molecule has 0 aliphatic rings. The van der Waals surface area contributed by atoms with E-state index in [0.717, 1.165) is 6.42 Å². The lowest BCUT2D eigenvalue weighted by atomic mass is 10.2. The third-order valence-electron chi connectivity index (χ3n) is 2.21. The Labute approximate surface area is 98.8 Å². The zero-order valence-corrected chi connectivity index (χ0v) is 9.88. The van der Waals surface area contributed by atoms with E-state index in [1.165, 1.54) is 6.92 Å². The van der Waals surface area contributed by atoms with Crippen molar-refractivity contribution in [1.82, 2.24) is 20.3 Å². The largest absolute Gasteiger partial charge is 0.481 e. The van der Waals surface area contributed by atoms with Crippen LogP contribution < -0.4 is 5.32 Å². The highest BCUT2D eigenvalue weighted by atomic mass is 16.4. The van der Waals surface area contributed by atoms with Crippen molar-refractivity contribution < 1.29 is 14.7 Å². The molecule has 94 valence electrons. The maximum Gasteiger partial charge on any atom is 0.308 e. The molecule has 17 heavy (non-hydrogen) atoms. The first-order chi connectivity index (χ1) is 8.04. The first-order valence-corrected chi connectivity index (χ1v) is 5.45. The summed E-state index contributed by atoms with van der Waals surface area (Å²) in [5.74, 6) is -1.97. The Morgan fingerprint density at radius 2 is 2.29 bits per heavy atom. The number of carbonyl (C=O) groups excluding carboxylic acids is 1. The third-order valence-corrected chi connectivity index (χ3v) is 2.21. The molecule has 0 spiro atoms. The quantitative estimate of drug-likeness (QED) is 0.737. The van der Waals surface area contributed by atoms with Crippen molar-refractivity contribution in [3.05, 3.63) is 11.9 Å². The predicted octanol–water partition coefficient (Wildman–Crippen LogP) is 0.139. The molecule has 0 aliphatic heterocycles. The highest BCUT2D eigenvalue weighted by molar-refractivity contribution is 5.92. The molecule has 1 rings (SSSR count). The number of aromatic nitrogens is 3. The van der Waals surface area contributed by atoms with Crippen LogP contribution in [0.1, 0.15) is 30.8 Å². The maximum absolute atomic E-state index is 11.6. The molecule has 0 radical (unpaired) electrons. The second-order valence-electron chi connectivity index (χ2n) is 3.82. The number of carboxylic acids is 1. The second-order valence-corrected chi connectivity index (χ2v) is 3.82. The minimum absolute atomic E-state index is 0.0782. The molecule has 1 aromatic heterocycles. The van der Waals surface area contributed by atoms with Gasteiger partial charge in [-0.25, -0.2) is 0 Å². The van der Waals surface area contributed by atoms with Gasteiger partial charge in [-0.05, 0) is 6.42 Å². The molecule has 1 unspecified atom stereocenters. The molecule has 7 heteroatoms. The molecule has 0 aliphatic carbocycles. The van der Waals surface area contributed by atoms with Gasteiger partial charge in [0, 0.05) is 13.1 Å². The van der Waals surface area contributed by atoms with Crippen molar-refractivity contribution in [2.75, 3.05) is 6.54 Å². The van der Waals surface area contributed by atoms with E-state index in [9.17, 15) is 9.59 Å². The van der Waals surface area contributed by atoms with Gasteiger partial charge >= 0.3 is 5.97 Å². The average molecular weight is 240 g/mol. The molecular formula is C10H16N4O3. The lowest BCUT2D eigenvalue weighted by Crippen LogP contribution is -2.31. The van der Waals surface area contributed by atoms with Crippen LogP contribution in [0.3, 0.4) is 0 Å². The van der Waals surface area contributed by atoms with Gasteiger partial charge in [0.2, 0.25) is 0 Å². The molecule has 0 aromatic carbocycles. The van der Waals surface area contributed by atoms with Crippen molar-refractivity contribution in [3.63, 3.8) is 0 Å². The number of nitrogens with one attached hydrogen (secondary N) is 1. The fourth-order valence-electron chi connectivity index (χ4n) is 1.16. The Morgan fingerprint density at radius 1 is 1.59 bits per heavy atom. The monoisotopic (exact) mass is 240 g/mol. The number of hydrogen-bond donors (Lipinski definition) is 2. The fraction of sp³-hybridized carbons (Fsp3) is 0.600. The summed E-state index contributed by atoms with van der Waals surface area (Å²) in [5, 5.41) is 18.6. The van der Waals surface area contributed by atoms with Gasteiger partial charge in [-0.3, -0.25) is 14.3 Å². The van der Waals surface area contributed by atoms with E-state index >= 15 is 0 Å². The Kier molecular flexibility index (Phi) is 4.62. The smallest absolute Gasteiger partial charge is 0.308 e. The number of aryl methyl sites for hydroxylation is 1. The zero-order valence-electron chi connectivity index (χ0n) is 9.88. The van der Waals surface area contributed by atoms with Crippen molar-refractivity contribution in [2.45, 2.75) is 26.8 Å². The molecule has 0 fully saturated rings. The maximum atomic E-state index is 11.6. The Morgan fingerprint density at radius 3 is 2.88 bits per heavy atom. The van der Waals surface area contributed by atoms with Gasteiger partial charge in [-0.2, -0.15) is 0 Å². The topological polar surface area (TPSA) is 97.1 Å². The number of amides is 1. The number of aliphatic carboxylic acids is 1. The summed E-state index contributed by atoms with van der Waals surface area (Å²) in [5.41, 5.74) is 0.205. The highest BCUT2D eigenvalue weighted by Crippen LogP contribution is 1.96. The molecule has 0 saturated heterocycles. The lowest BCUT2D eigenvalue weighted by molar-refractivity contribution is -0.140. The molecule has 2 N–H and O–H groups in total. The Hall–Kier alpha value is -1.92. The molecule has 1 heterocycles. The van der Waals surface area contributed by atoms with Gasteiger partial charge in [0.15, 0.2) is 5.69 Å². The Balaban J connectivity index is 2.49. The number of hydrogen-bond acceptors (Lipinski definition) is 4. The first-order valence-electron chi connectivity index (χ1n) is 5.45. The van der Waals surface area contributed by atoms with Crippen LogP contribution >= 0.6 is 0 Å². The molecule has 1 atom stereocenters. The predicted molar refractivity (Wildman–Crippen MR) is 59.4 cm³/mol. The van der Waals surface area contributed by atoms with Gasteiger partial charge in [0.25, 0.3) is 5.91 Å². The van der Waals surface area contributed by atoms with Crippen molar-refractivity contribution in [3.8, 4) is 0 Å². The van der Waals surface area contributed by atoms with Gasteiger partial charge in [0.1, 0.15) is 0 Å². The van der Waals surface area contributed by atoms with Crippen LogP contribution in [0.5, 0.6) is 0 Å². The summed E-state index contributed by atoms with van der Waals surface area (Å²) in [7, 11) is 0. The third kappa shape index (κ3) is 3.86. The normalized spacial score (nSPS) is 12.1. The average Bonchev–Trinajstić information content (AvgIpc) is 2.74. The molecular weight excluding hydrogens is 224 g/mol. The van der Waals surface area contributed by atoms with Crippen LogP contribution in [-0.2, 0) is 11.3 Å². The van der Waals surface area contributed by atoms with Gasteiger partial charge < -0.3 is 10.4 Å². The molecule has 0 bridgehead atoms. The number of nitrogens with zero attached hydrogens (tertiary/aromatic N) is 3. The molecule has 1 aromatic rings. The summed E-state index contributed by atoms with van der Waals surface area (Å²) < 4.78 is 1.58. The van der Waals surface area contributed by atoms with E-state index < -0.39 is 17.8 Å². The van der Waals surface area contributed by atoms with Crippen LogP contribution in [0.4, 0.5) is 0 Å². The SMILES string of the molecule is CCCn1cc(C(=O)NCC(C)C(=O)O)nn1. The summed E-state index contributed by atoms with van der Waals surface area (Å²) in [4.78, 5) is 22.1. The van der Waals surface area contributed by atoms with Gasteiger partial charge in [-0.15, -0.1) is 5.10 Å². The minimum Gasteiger partial charge on any atom is -0.481 e. The van der Waals surface area contributed by atoms with E-state index in [1.807, 2.05) is 6.92 Å². The van der Waals surface area contributed by atoms with E-state index in [0.29, 0.717) is 6.54 Å². The first kappa shape index (κ1) is 13.1. The van der Waals surface area contributed by atoms with Crippen LogP contribution in [-0.4, -0.2) is 38.5 Å². The van der Waals surface area contributed by atoms with Crippen LogP contribution in [0.2, 0.25) is 0 Å². The Bertz CT molecular complexity index is 402. The summed E-state index contributed by atoms with van der Waals surface area (Å²) in [6.45, 7) is 4.30. The molecule has 0 saturated carbocycles. The van der Waals surface area contributed by atoms with Crippen molar-refractivity contribution >= 4 is 11.9 Å². The van der Waals surface area contributed by atoms with E-state index in [1.54, 1.807) is 10.9 Å². The standard InChI is InChI=1S/C10H16N4O3/c1-3-4-14-6-8(12-13-14)9(15)11-5-7(2)10(16)17/h6-7H,3-5H2,1-2H3,(H,11,15)(H,16,17). The fourth-order valence-corrected chi connectivity index (χ4v) is 1.16. The number of carbonyl (C=O) groups is 2. The summed E-state index contributed by atoms with van der Waals surface area (Å²) in [6, 6.07) is 0. The van der Waals surface area contributed by atoms with Crippen LogP contribution in [0.25, 0.3) is 0 Å². The highest BCUT2D eigenvalue weighted by Gasteiger charge is 2.15. The van der Waals surface area contributed by atoms with E-state index in [2.05, 4.69) is 15.6 Å². The van der Waals surface area contributed by atoms with Crippen LogP contribution in [0.15, 0.2) is 6.20 Å². The summed E-state index contributed by atoms with van der Waals surface area (Å²) >= 11 is 0. The number of carboxylic acid groups (broad SMARTS) is 1. The zero-order chi connectivity index (χ0) is 12.8. The van der Waals surface area contributed by atoms with Crippen LogP contribution in [0, 0.1) is 5.92 Å². The van der Waals surface area contributed by atoms with Crippen molar-refractivity contribution in [2.24, 2.45) is 5.92 Å². The second kappa shape index (κ2) is 5.97. The van der Waals surface area contributed by atoms with Crippen molar-refractivity contribution in [1.29, 1.82) is 0 Å². The number of rotatable bonds is 6. The lowest BCUT2D eigenvalue weighted by Gasteiger charge is -2.06. The molecule has 7 nitrogen and oxygen atoms in total.